The Labute approximate surface area is 104 Å². The highest BCUT2D eigenvalue weighted by Gasteiger charge is 2.33. The van der Waals surface area contributed by atoms with Crippen molar-refractivity contribution in [2.45, 2.75) is 32.2 Å². The second-order valence-electron chi connectivity index (χ2n) is 4.33. The van der Waals surface area contributed by atoms with Crippen molar-refractivity contribution in [1.82, 2.24) is 8.61 Å². The van der Waals surface area contributed by atoms with E-state index in [0.717, 1.165) is 19.3 Å². The predicted molar refractivity (Wildman–Crippen MR) is 67.8 cm³/mol. The van der Waals surface area contributed by atoms with Gasteiger partial charge in [-0.25, -0.2) is 0 Å². The number of rotatable bonds is 6. The topological polar surface area (TPSA) is 60.9 Å². The molecule has 0 amide bonds. The van der Waals surface area contributed by atoms with Crippen LogP contribution in [0.3, 0.4) is 0 Å². The summed E-state index contributed by atoms with van der Waals surface area (Å²) >= 11 is 0. The van der Waals surface area contributed by atoms with Gasteiger partial charge in [0.25, 0.3) is 10.2 Å². The fourth-order valence-corrected chi connectivity index (χ4v) is 3.94. The lowest BCUT2D eigenvalue weighted by atomic mass is 10.1. The summed E-state index contributed by atoms with van der Waals surface area (Å²) in [6.45, 7) is 6.25. The van der Waals surface area contributed by atoms with Crippen LogP contribution in [0.1, 0.15) is 26.2 Å². The standard InChI is InChI=1S/C11H22N2O3S/c1-3-7-12(9-10-14)17(15,16)13-8-5-4-6-11(13)2/h3,11,14H,1,4-10H2,2H3. The second kappa shape index (κ2) is 6.49. The third-order valence-corrected chi connectivity index (χ3v) is 5.17. The quantitative estimate of drug-likeness (QED) is 0.713. The molecule has 0 saturated carbocycles. The molecule has 1 N–H and O–H groups in total. The Bertz CT molecular complexity index is 343. The Hall–Kier alpha value is -0.430. The third kappa shape index (κ3) is 3.51. The van der Waals surface area contributed by atoms with Crippen LogP contribution in [0.15, 0.2) is 12.7 Å². The van der Waals surface area contributed by atoms with Crippen molar-refractivity contribution >= 4 is 10.2 Å². The van der Waals surface area contributed by atoms with Gasteiger partial charge in [-0.1, -0.05) is 12.5 Å². The lowest BCUT2D eigenvalue weighted by Gasteiger charge is -2.35. The Morgan fingerprint density at radius 3 is 2.76 bits per heavy atom. The molecule has 0 aromatic carbocycles. The SMILES string of the molecule is C=CCN(CCO)S(=O)(=O)N1CCCCC1C. The molecule has 0 radical (unpaired) electrons. The van der Waals surface area contributed by atoms with Gasteiger partial charge >= 0.3 is 0 Å². The summed E-state index contributed by atoms with van der Waals surface area (Å²) in [5.74, 6) is 0. The minimum absolute atomic E-state index is 0.0414. The molecule has 100 valence electrons. The molecule has 0 aliphatic carbocycles. The Morgan fingerprint density at radius 2 is 2.24 bits per heavy atom. The number of hydrogen-bond acceptors (Lipinski definition) is 3. The first kappa shape index (κ1) is 14.6. The van der Waals surface area contributed by atoms with Crippen LogP contribution in [-0.2, 0) is 10.2 Å². The molecule has 1 heterocycles. The molecule has 1 aliphatic rings. The molecule has 0 spiro atoms. The van der Waals surface area contributed by atoms with Gasteiger partial charge in [0.1, 0.15) is 0 Å². The molecule has 1 atom stereocenters. The summed E-state index contributed by atoms with van der Waals surface area (Å²) in [6, 6.07) is 0.0414. The van der Waals surface area contributed by atoms with Gasteiger partial charge in [-0.3, -0.25) is 0 Å². The van der Waals surface area contributed by atoms with Gasteiger partial charge in [0.05, 0.1) is 6.61 Å². The molecular formula is C11H22N2O3S. The van der Waals surface area contributed by atoms with E-state index in [-0.39, 0.29) is 25.7 Å². The van der Waals surface area contributed by atoms with E-state index in [1.807, 2.05) is 6.92 Å². The highest BCUT2D eigenvalue weighted by atomic mass is 32.2. The number of aliphatic hydroxyl groups excluding tert-OH is 1. The first-order valence-corrected chi connectivity index (χ1v) is 7.42. The number of aliphatic hydroxyl groups is 1. The molecule has 5 nitrogen and oxygen atoms in total. The van der Waals surface area contributed by atoms with Crippen LogP contribution in [0, 0.1) is 0 Å². The maximum absolute atomic E-state index is 12.4. The van der Waals surface area contributed by atoms with E-state index in [2.05, 4.69) is 6.58 Å². The van der Waals surface area contributed by atoms with Gasteiger partial charge in [-0.2, -0.15) is 17.0 Å². The smallest absolute Gasteiger partial charge is 0.282 e. The lowest BCUT2D eigenvalue weighted by molar-refractivity contribution is 0.225. The van der Waals surface area contributed by atoms with Gasteiger partial charge < -0.3 is 5.11 Å². The van der Waals surface area contributed by atoms with E-state index in [4.69, 9.17) is 5.11 Å². The van der Waals surface area contributed by atoms with Crippen molar-refractivity contribution in [3.63, 3.8) is 0 Å². The fraction of sp³-hybridized carbons (Fsp3) is 0.818. The van der Waals surface area contributed by atoms with Gasteiger partial charge in [-0.15, -0.1) is 6.58 Å². The third-order valence-electron chi connectivity index (χ3n) is 3.05. The van der Waals surface area contributed by atoms with E-state index < -0.39 is 10.2 Å². The molecule has 6 heteroatoms. The number of nitrogens with zero attached hydrogens (tertiary/aromatic N) is 2. The zero-order valence-electron chi connectivity index (χ0n) is 10.4. The molecule has 0 bridgehead atoms. The monoisotopic (exact) mass is 262 g/mol. The summed E-state index contributed by atoms with van der Waals surface area (Å²) in [6.07, 6.45) is 4.43. The Morgan fingerprint density at radius 1 is 1.53 bits per heavy atom. The fourth-order valence-electron chi connectivity index (χ4n) is 2.12. The lowest BCUT2D eigenvalue weighted by Crippen LogP contribution is -2.50. The van der Waals surface area contributed by atoms with Crippen molar-refractivity contribution in [1.29, 1.82) is 0 Å². The molecule has 0 aromatic heterocycles. The Kier molecular flexibility index (Phi) is 5.58. The van der Waals surface area contributed by atoms with Crippen LogP contribution < -0.4 is 0 Å². The van der Waals surface area contributed by atoms with E-state index in [9.17, 15) is 8.42 Å². The molecule has 0 aromatic rings. The van der Waals surface area contributed by atoms with Crippen LogP contribution in [0.4, 0.5) is 0 Å². The van der Waals surface area contributed by atoms with E-state index >= 15 is 0 Å². The minimum atomic E-state index is -3.46. The van der Waals surface area contributed by atoms with Crippen LogP contribution in [0.2, 0.25) is 0 Å². The Balaban J connectivity index is 2.85. The summed E-state index contributed by atoms with van der Waals surface area (Å²) in [4.78, 5) is 0. The second-order valence-corrected chi connectivity index (χ2v) is 6.21. The average molecular weight is 262 g/mol. The summed E-state index contributed by atoms with van der Waals surface area (Å²) in [5, 5.41) is 8.93. The first-order valence-electron chi connectivity index (χ1n) is 6.02. The van der Waals surface area contributed by atoms with Crippen molar-refractivity contribution < 1.29 is 13.5 Å². The molecule has 1 fully saturated rings. The van der Waals surface area contributed by atoms with Crippen molar-refractivity contribution in [2.75, 3.05) is 26.2 Å². The van der Waals surface area contributed by atoms with E-state index in [1.165, 1.54) is 8.61 Å². The van der Waals surface area contributed by atoms with Crippen LogP contribution in [0.25, 0.3) is 0 Å². The molecule has 1 rings (SSSR count). The molecule has 1 unspecified atom stereocenters. The highest BCUT2D eigenvalue weighted by Crippen LogP contribution is 2.22. The minimum Gasteiger partial charge on any atom is -0.395 e. The van der Waals surface area contributed by atoms with Crippen LogP contribution >= 0.6 is 0 Å². The van der Waals surface area contributed by atoms with E-state index in [0.29, 0.717) is 6.54 Å². The number of hydrogen-bond donors (Lipinski definition) is 1. The zero-order chi connectivity index (χ0) is 12.9. The van der Waals surface area contributed by atoms with Crippen LogP contribution in [0.5, 0.6) is 0 Å². The van der Waals surface area contributed by atoms with Gasteiger partial charge in [0.15, 0.2) is 0 Å². The van der Waals surface area contributed by atoms with Gasteiger partial charge in [0.2, 0.25) is 0 Å². The average Bonchev–Trinajstić information content (AvgIpc) is 2.29. The molecular weight excluding hydrogens is 240 g/mol. The van der Waals surface area contributed by atoms with Crippen molar-refractivity contribution in [3.8, 4) is 0 Å². The maximum Gasteiger partial charge on any atom is 0.282 e. The van der Waals surface area contributed by atoms with Crippen LogP contribution in [-0.4, -0.2) is 54.4 Å². The number of piperidine rings is 1. The maximum atomic E-state index is 12.4. The normalized spacial score (nSPS) is 22.9. The summed E-state index contributed by atoms with van der Waals surface area (Å²) in [7, 11) is -3.46. The van der Waals surface area contributed by atoms with Gasteiger partial charge in [0, 0.05) is 25.7 Å². The summed E-state index contributed by atoms with van der Waals surface area (Å²) in [5.41, 5.74) is 0. The van der Waals surface area contributed by atoms with Crippen molar-refractivity contribution in [3.05, 3.63) is 12.7 Å². The summed E-state index contributed by atoms with van der Waals surface area (Å²) < 4.78 is 27.6. The molecule has 17 heavy (non-hydrogen) atoms. The largest absolute Gasteiger partial charge is 0.395 e. The molecule has 1 aliphatic heterocycles. The van der Waals surface area contributed by atoms with E-state index in [1.54, 1.807) is 6.08 Å². The zero-order valence-corrected chi connectivity index (χ0v) is 11.2. The first-order chi connectivity index (χ1) is 8.04. The van der Waals surface area contributed by atoms with Gasteiger partial charge in [-0.05, 0) is 19.8 Å². The van der Waals surface area contributed by atoms with Crippen molar-refractivity contribution in [2.24, 2.45) is 0 Å². The highest BCUT2D eigenvalue weighted by molar-refractivity contribution is 7.86. The molecule has 1 saturated heterocycles. The predicted octanol–water partition coefficient (Wildman–Crippen LogP) is 0.586.